The number of hydrogen-bond acceptors (Lipinski definition) is 6. The smallest absolute Gasteiger partial charge is 0.337 e. The van der Waals surface area contributed by atoms with Gasteiger partial charge >= 0.3 is 11.9 Å². The summed E-state index contributed by atoms with van der Waals surface area (Å²) in [5.74, 6) is -1.86. The molecule has 8 heteroatoms. The molecule has 2 N–H and O–H groups in total. The number of nitrogens with one attached hydrogen (secondary N) is 1. The minimum Gasteiger partial charge on any atom is -0.478 e. The van der Waals surface area contributed by atoms with Crippen LogP contribution >= 0.6 is 11.8 Å². The molecule has 0 bridgehead atoms. The molecule has 0 spiro atoms. The number of methoxy groups -OCH3 is 1. The predicted octanol–water partition coefficient (Wildman–Crippen LogP) is 3.06. The third-order valence-corrected chi connectivity index (χ3v) is 4.55. The topological polar surface area (TPSA) is 105 Å². The number of aromatic carboxylic acids is 1. The number of ether oxygens (including phenoxy) is 1. The highest BCUT2D eigenvalue weighted by molar-refractivity contribution is 8.18. The summed E-state index contributed by atoms with van der Waals surface area (Å²) >= 11 is 1.11. The molecular formula is C19H14N2O5S. The zero-order valence-corrected chi connectivity index (χ0v) is 14.9. The quantitative estimate of drug-likeness (QED) is 0.622. The average Bonchev–Trinajstić information content (AvgIpc) is 3.01. The largest absolute Gasteiger partial charge is 0.478 e. The Labute approximate surface area is 158 Å². The highest BCUT2D eigenvalue weighted by Crippen LogP contribution is 2.29. The molecule has 1 aliphatic heterocycles. The second-order valence-electron chi connectivity index (χ2n) is 5.42. The Morgan fingerprint density at radius 2 is 1.85 bits per heavy atom. The molecule has 0 aliphatic carbocycles. The van der Waals surface area contributed by atoms with Gasteiger partial charge in [0.25, 0.3) is 5.91 Å². The Hall–Kier alpha value is -3.39. The Bertz CT molecular complexity index is 980. The van der Waals surface area contributed by atoms with E-state index in [0.717, 1.165) is 17.3 Å². The Balaban J connectivity index is 1.82. The van der Waals surface area contributed by atoms with E-state index in [1.165, 1.54) is 13.2 Å². The third kappa shape index (κ3) is 4.24. The molecule has 0 unspecified atom stereocenters. The van der Waals surface area contributed by atoms with E-state index in [9.17, 15) is 19.5 Å². The molecule has 1 amide bonds. The number of esters is 1. The average molecular weight is 382 g/mol. The Morgan fingerprint density at radius 3 is 2.52 bits per heavy atom. The number of carboxylic acid groups (broad SMARTS) is 1. The van der Waals surface area contributed by atoms with Gasteiger partial charge in [-0.05, 0) is 47.7 Å². The van der Waals surface area contributed by atoms with E-state index in [0.29, 0.717) is 15.6 Å². The first-order chi connectivity index (χ1) is 13.0. The highest BCUT2D eigenvalue weighted by atomic mass is 32.2. The highest BCUT2D eigenvalue weighted by Gasteiger charge is 2.24. The lowest BCUT2D eigenvalue weighted by Crippen LogP contribution is -2.19. The van der Waals surface area contributed by atoms with Crippen molar-refractivity contribution in [3.05, 3.63) is 70.1 Å². The molecule has 0 atom stereocenters. The van der Waals surface area contributed by atoms with Crippen LogP contribution in [0.5, 0.6) is 0 Å². The molecule has 2 aromatic rings. The summed E-state index contributed by atoms with van der Waals surface area (Å²) < 4.78 is 4.64. The molecule has 7 nitrogen and oxygen atoms in total. The molecule has 0 saturated carbocycles. The first-order valence-electron chi connectivity index (χ1n) is 7.78. The summed E-state index contributed by atoms with van der Waals surface area (Å²) in [5.41, 5.74) is 1.45. The molecule has 1 aliphatic rings. The second kappa shape index (κ2) is 7.88. The van der Waals surface area contributed by atoms with Crippen LogP contribution < -0.4 is 5.32 Å². The number of thioether (sulfide) groups is 1. The van der Waals surface area contributed by atoms with Gasteiger partial charge in [-0.15, -0.1) is 0 Å². The van der Waals surface area contributed by atoms with Crippen LogP contribution in [0.1, 0.15) is 26.3 Å². The van der Waals surface area contributed by atoms with Crippen molar-refractivity contribution < 1.29 is 24.2 Å². The Kier molecular flexibility index (Phi) is 5.37. The van der Waals surface area contributed by atoms with Crippen molar-refractivity contribution >= 4 is 46.5 Å². The third-order valence-electron chi connectivity index (χ3n) is 3.64. The van der Waals surface area contributed by atoms with Crippen molar-refractivity contribution in [2.75, 3.05) is 7.11 Å². The lowest BCUT2D eigenvalue weighted by Gasteiger charge is -2.01. The number of hydrogen-bond donors (Lipinski definition) is 2. The van der Waals surface area contributed by atoms with E-state index in [1.54, 1.807) is 48.5 Å². The number of carboxylic acids is 1. The summed E-state index contributed by atoms with van der Waals surface area (Å²) in [6.45, 7) is 0. The molecule has 0 aromatic heterocycles. The molecule has 3 rings (SSSR count). The fourth-order valence-electron chi connectivity index (χ4n) is 2.33. The van der Waals surface area contributed by atoms with E-state index in [-0.39, 0.29) is 17.2 Å². The van der Waals surface area contributed by atoms with Gasteiger partial charge in [0.2, 0.25) is 0 Å². The molecule has 2 aromatic carbocycles. The fourth-order valence-corrected chi connectivity index (χ4v) is 3.16. The van der Waals surface area contributed by atoms with E-state index in [1.807, 2.05) is 0 Å². The van der Waals surface area contributed by atoms with Crippen molar-refractivity contribution in [3.63, 3.8) is 0 Å². The fraction of sp³-hybridized carbons (Fsp3) is 0.0526. The summed E-state index contributed by atoms with van der Waals surface area (Å²) in [6, 6.07) is 12.9. The van der Waals surface area contributed by atoms with Crippen LogP contribution in [0.4, 0.5) is 5.69 Å². The number of carbonyl (C=O) groups excluding carboxylic acids is 2. The number of para-hydroxylation sites is 1. The lowest BCUT2D eigenvalue weighted by atomic mass is 10.1. The van der Waals surface area contributed by atoms with Crippen LogP contribution in [0, 0.1) is 0 Å². The molecule has 136 valence electrons. The number of rotatable bonds is 4. The number of carbonyl (C=O) groups is 3. The first-order valence-corrected chi connectivity index (χ1v) is 8.60. The normalized spacial score (nSPS) is 16.4. The van der Waals surface area contributed by atoms with Crippen molar-refractivity contribution in [1.82, 2.24) is 5.32 Å². The zero-order chi connectivity index (χ0) is 19.4. The van der Waals surface area contributed by atoms with Crippen LogP contribution in [0.15, 0.2) is 58.4 Å². The molecular weight excluding hydrogens is 368 g/mol. The number of aliphatic imine (C=N–C) groups is 1. The minimum atomic E-state index is -1.09. The summed E-state index contributed by atoms with van der Waals surface area (Å²) in [5, 5.41) is 12.1. The summed E-state index contributed by atoms with van der Waals surface area (Å²) in [4.78, 5) is 39.5. The summed E-state index contributed by atoms with van der Waals surface area (Å²) in [7, 11) is 1.31. The number of nitrogens with zero attached hydrogens (tertiary/aromatic N) is 1. The van der Waals surface area contributed by atoms with Gasteiger partial charge in [-0.25, -0.2) is 14.6 Å². The number of amides is 1. The van der Waals surface area contributed by atoms with Gasteiger partial charge in [-0.2, -0.15) is 0 Å². The predicted molar refractivity (Wildman–Crippen MR) is 102 cm³/mol. The maximum atomic E-state index is 12.1. The molecule has 1 fully saturated rings. The molecule has 1 heterocycles. The van der Waals surface area contributed by atoms with Crippen LogP contribution in [-0.2, 0) is 9.53 Å². The van der Waals surface area contributed by atoms with Gasteiger partial charge < -0.3 is 15.2 Å². The monoisotopic (exact) mass is 382 g/mol. The molecule has 27 heavy (non-hydrogen) atoms. The van der Waals surface area contributed by atoms with E-state index in [4.69, 9.17) is 0 Å². The van der Waals surface area contributed by atoms with Gasteiger partial charge in [0, 0.05) is 0 Å². The second-order valence-corrected chi connectivity index (χ2v) is 6.45. The summed E-state index contributed by atoms with van der Waals surface area (Å²) in [6.07, 6.45) is 1.66. The van der Waals surface area contributed by atoms with Crippen molar-refractivity contribution in [2.24, 2.45) is 4.99 Å². The molecule has 1 saturated heterocycles. The van der Waals surface area contributed by atoms with Crippen LogP contribution in [0.3, 0.4) is 0 Å². The minimum absolute atomic E-state index is 0.0516. The standard InChI is InChI=1S/C19H14N2O5S/c1-26-18(25)12-8-6-11(7-9-12)10-15-16(22)21-19(27-15)20-14-5-3-2-4-13(14)17(23)24/h2-10H,1H3,(H,23,24)(H,20,21,22). The van der Waals surface area contributed by atoms with Crippen molar-refractivity contribution in [3.8, 4) is 0 Å². The SMILES string of the molecule is COC(=O)c1ccc(C=C2SC(=Nc3ccccc3C(=O)O)NC2=O)cc1. The van der Waals surface area contributed by atoms with Gasteiger partial charge in [0.1, 0.15) is 0 Å². The first kappa shape index (κ1) is 18.4. The van der Waals surface area contributed by atoms with Gasteiger partial charge in [-0.3, -0.25) is 4.79 Å². The van der Waals surface area contributed by atoms with Crippen molar-refractivity contribution in [2.45, 2.75) is 0 Å². The van der Waals surface area contributed by atoms with Gasteiger partial charge in [0.05, 0.1) is 28.8 Å². The lowest BCUT2D eigenvalue weighted by molar-refractivity contribution is -0.115. The van der Waals surface area contributed by atoms with E-state index < -0.39 is 11.9 Å². The Morgan fingerprint density at radius 1 is 1.15 bits per heavy atom. The maximum Gasteiger partial charge on any atom is 0.337 e. The maximum absolute atomic E-state index is 12.1. The zero-order valence-electron chi connectivity index (χ0n) is 14.1. The van der Waals surface area contributed by atoms with E-state index in [2.05, 4.69) is 15.0 Å². The van der Waals surface area contributed by atoms with Crippen molar-refractivity contribution in [1.29, 1.82) is 0 Å². The number of benzene rings is 2. The van der Waals surface area contributed by atoms with Crippen LogP contribution in [-0.4, -0.2) is 35.2 Å². The van der Waals surface area contributed by atoms with Gasteiger partial charge in [0.15, 0.2) is 5.17 Å². The number of amidine groups is 1. The van der Waals surface area contributed by atoms with Crippen LogP contribution in [0.2, 0.25) is 0 Å². The molecule has 0 radical (unpaired) electrons. The van der Waals surface area contributed by atoms with Crippen LogP contribution in [0.25, 0.3) is 6.08 Å². The van der Waals surface area contributed by atoms with E-state index >= 15 is 0 Å². The van der Waals surface area contributed by atoms with Gasteiger partial charge in [-0.1, -0.05) is 24.3 Å².